The van der Waals surface area contributed by atoms with Crippen molar-refractivity contribution in [2.45, 2.75) is 51.2 Å². The second kappa shape index (κ2) is 4.35. The summed E-state index contributed by atoms with van der Waals surface area (Å²) in [5, 5.41) is 9.89. The Hall–Kier alpha value is -0.830. The molecule has 1 saturated heterocycles. The highest BCUT2D eigenvalue weighted by Gasteiger charge is 2.39. The smallest absolute Gasteiger partial charge is 0.306 e. The molecule has 0 aromatic rings. The lowest BCUT2D eigenvalue weighted by molar-refractivity contribution is -0.140. The van der Waals surface area contributed by atoms with Gasteiger partial charge in [0.25, 0.3) is 0 Å². The third-order valence-corrected chi connectivity index (χ3v) is 3.30. The number of esters is 1. The van der Waals surface area contributed by atoms with E-state index < -0.39 is 0 Å². The maximum atomic E-state index is 11.0. The van der Waals surface area contributed by atoms with E-state index in [1.165, 1.54) is 0 Å². The minimum atomic E-state index is -0.325. The van der Waals surface area contributed by atoms with Gasteiger partial charge in [0.1, 0.15) is 6.10 Å². The van der Waals surface area contributed by atoms with Crippen molar-refractivity contribution < 1.29 is 14.6 Å². The first-order valence-corrected chi connectivity index (χ1v) is 5.79. The number of hydrogen-bond acceptors (Lipinski definition) is 3. The molecule has 0 spiro atoms. The Balaban J connectivity index is 1.90. The van der Waals surface area contributed by atoms with Gasteiger partial charge < -0.3 is 9.84 Å². The van der Waals surface area contributed by atoms with Crippen LogP contribution < -0.4 is 0 Å². The fourth-order valence-corrected chi connectivity index (χ4v) is 2.40. The molecule has 1 N–H and O–H groups in total. The van der Waals surface area contributed by atoms with Crippen LogP contribution in [0.4, 0.5) is 0 Å². The average Bonchev–Trinajstić information content (AvgIpc) is 2.70. The molecule has 1 aliphatic heterocycles. The third kappa shape index (κ3) is 2.23. The Bertz CT molecular complexity index is 283. The minimum absolute atomic E-state index is 0.0521. The Morgan fingerprint density at radius 1 is 1.60 bits per heavy atom. The summed E-state index contributed by atoms with van der Waals surface area (Å²) in [6.07, 6.45) is 5.91. The van der Waals surface area contributed by atoms with E-state index in [1.807, 2.05) is 6.08 Å². The van der Waals surface area contributed by atoms with Crippen LogP contribution in [0.5, 0.6) is 0 Å². The van der Waals surface area contributed by atoms with Gasteiger partial charge in [-0.25, -0.2) is 0 Å². The predicted molar refractivity (Wildman–Crippen MR) is 56.2 cm³/mol. The molecule has 0 aromatic carbocycles. The number of unbranched alkanes of at least 4 members (excludes halogenated alkanes) is 1. The number of aliphatic hydroxyl groups excluding tert-OH is 1. The van der Waals surface area contributed by atoms with Crippen molar-refractivity contribution in [3.8, 4) is 0 Å². The lowest BCUT2D eigenvalue weighted by Crippen LogP contribution is -2.10. The molecule has 2 rings (SSSR count). The van der Waals surface area contributed by atoms with Crippen molar-refractivity contribution in [2.75, 3.05) is 0 Å². The van der Waals surface area contributed by atoms with E-state index in [4.69, 9.17) is 4.74 Å². The second-order valence-corrected chi connectivity index (χ2v) is 4.52. The summed E-state index contributed by atoms with van der Waals surface area (Å²) in [6, 6.07) is 0. The zero-order valence-electron chi connectivity index (χ0n) is 9.11. The van der Waals surface area contributed by atoms with Gasteiger partial charge in [0, 0.05) is 5.92 Å². The predicted octanol–water partition coefficient (Wildman–Crippen LogP) is 1.80. The van der Waals surface area contributed by atoms with Crippen molar-refractivity contribution in [3.63, 3.8) is 0 Å². The number of rotatable bonds is 4. The van der Waals surface area contributed by atoms with Crippen LogP contribution in [-0.4, -0.2) is 23.3 Å². The molecule has 0 amide bonds. The van der Waals surface area contributed by atoms with Crippen LogP contribution in [0, 0.1) is 5.92 Å². The van der Waals surface area contributed by atoms with Gasteiger partial charge >= 0.3 is 5.97 Å². The van der Waals surface area contributed by atoms with E-state index in [1.54, 1.807) is 0 Å². The van der Waals surface area contributed by atoms with Crippen LogP contribution in [0.3, 0.4) is 0 Å². The molecule has 1 aliphatic carbocycles. The zero-order chi connectivity index (χ0) is 10.8. The van der Waals surface area contributed by atoms with E-state index in [9.17, 15) is 9.90 Å². The molecule has 0 saturated carbocycles. The highest BCUT2D eigenvalue weighted by atomic mass is 16.5. The summed E-state index contributed by atoms with van der Waals surface area (Å²) < 4.78 is 5.14. The molecule has 2 aliphatic rings. The first-order chi connectivity index (χ1) is 7.20. The maximum absolute atomic E-state index is 11.0. The van der Waals surface area contributed by atoms with E-state index in [2.05, 4.69) is 6.92 Å². The van der Waals surface area contributed by atoms with Crippen molar-refractivity contribution in [1.82, 2.24) is 0 Å². The van der Waals surface area contributed by atoms with Crippen molar-refractivity contribution >= 4 is 5.97 Å². The van der Waals surface area contributed by atoms with Crippen LogP contribution in [0.15, 0.2) is 11.6 Å². The van der Waals surface area contributed by atoms with Gasteiger partial charge in [-0.2, -0.15) is 0 Å². The molecule has 1 fully saturated rings. The number of ether oxygens (including phenoxy) is 1. The first-order valence-electron chi connectivity index (χ1n) is 5.79. The SMILES string of the molecule is CCCC[C@@H](O)C1=C[C@H]2OC(=O)C[C@H]2C1. The topological polar surface area (TPSA) is 46.5 Å². The summed E-state index contributed by atoms with van der Waals surface area (Å²) in [5.74, 6) is 0.201. The van der Waals surface area contributed by atoms with Crippen molar-refractivity contribution in [2.24, 2.45) is 5.92 Å². The van der Waals surface area contributed by atoms with E-state index in [-0.39, 0.29) is 18.2 Å². The lowest BCUT2D eigenvalue weighted by Gasteiger charge is -2.11. The number of fused-ring (bicyclic) bond motifs is 1. The Kier molecular flexibility index (Phi) is 3.10. The molecular formula is C12H18O3. The Labute approximate surface area is 90.1 Å². The van der Waals surface area contributed by atoms with Crippen LogP contribution in [0.2, 0.25) is 0 Å². The highest BCUT2D eigenvalue weighted by molar-refractivity contribution is 5.73. The monoisotopic (exact) mass is 210 g/mol. The molecule has 0 unspecified atom stereocenters. The fraction of sp³-hybridized carbons (Fsp3) is 0.750. The summed E-state index contributed by atoms with van der Waals surface area (Å²) in [4.78, 5) is 11.0. The average molecular weight is 210 g/mol. The number of hydrogen-bond donors (Lipinski definition) is 1. The molecule has 0 aromatic heterocycles. The second-order valence-electron chi connectivity index (χ2n) is 4.52. The largest absolute Gasteiger partial charge is 0.458 e. The van der Waals surface area contributed by atoms with Crippen LogP contribution in [-0.2, 0) is 9.53 Å². The third-order valence-electron chi connectivity index (χ3n) is 3.30. The van der Waals surface area contributed by atoms with Crippen LogP contribution in [0.25, 0.3) is 0 Å². The maximum Gasteiger partial charge on any atom is 0.306 e. The Morgan fingerprint density at radius 2 is 2.40 bits per heavy atom. The quantitative estimate of drug-likeness (QED) is 0.568. The van der Waals surface area contributed by atoms with Crippen molar-refractivity contribution in [3.05, 3.63) is 11.6 Å². The molecule has 84 valence electrons. The highest BCUT2D eigenvalue weighted by Crippen LogP contribution is 2.37. The van der Waals surface area contributed by atoms with Gasteiger partial charge in [0.05, 0.1) is 12.5 Å². The number of carbonyl (C=O) groups is 1. The van der Waals surface area contributed by atoms with Crippen molar-refractivity contribution in [1.29, 1.82) is 0 Å². The lowest BCUT2D eigenvalue weighted by atomic mass is 9.98. The molecule has 3 atom stereocenters. The zero-order valence-corrected chi connectivity index (χ0v) is 9.11. The molecule has 0 radical (unpaired) electrons. The van der Waals surface area contributed by atoms with Gasteiger partial charge in [0.15, 0.2) is 0 Å². The molecule has 15 heavy (non-hydrogen) atoms. The van der Waals surface area contributed by atoms with Gasteiger partial charge in [-0.05, 0) is 24.5 Å². The summed E-state index contributed by atoms with van der Waals surface area (Å²) in [7, 11) is 0. The van der Waals surface area contributed by atoms with E-state index in [0.29, 0.717) is 12.3 Å². The molecule has 3 heteroatoms. The first kappa shape index (κ1) is 10.7. The van der Waals surface area contributed by atoms with E-state index >= 15 is 0 Å². The van der Waals surface area contributed by atoms with E-state index in [0.717, 1.165) is 31.3 Å². The van der Waals surface area contributed by atoms with Gasteiger partial charge in [-0.3, -0.25) is 4.79 Å². The summed E-state index contributed by atoms with van der Waals surface area (Å²) in [6.45, 7) is 2.12. The number of carbonyl (C=O) groups excluding carboxylic acids is 1. The van der Waals surface area contributed by atoms with Crippen LogP contribution >= 0.6 is 0 Å². The molecule has 0 bridgehead atoms. The fourth-order valence-electron chi connectivity index (χ4n) is 2.40. The normalized spacial score (nSPS) is 31.1. The van der Waals surface area contributed by atoms with Gasteiger partial charge in [-0.1, -0.05) is 19.8 Å². The van der Waals surface area contributed by atoms with Gasteiger partial charge in [-0.15, -0.1) is 0 Å². The van der Waals surface area contributed by atoms with Crippen LogP contribution in [0.1, 0.15) is 39.0 Å². The van der Waals surface area contributed by atoms with Gasteiger partial charge in [0.2, 0.25) is 0 Å². The number of aliphatic hydroxyl groups is 1. The molecular weight excluding hydrogens is 192 g/mol. The minimum Gasteiger partial charge on any atom is -0.458 e. The standard InChI is InChI=1S/C12H18O3/c1-2-3-4-10(13)8-5-9-7-12(14)15-11(9)6-8/h6,9-11,13H,2-5,7H2,1H3/t9-,10-,11-/m1/s1. The summed E-state index contributed by atoms with van der Waals surface area (Å²) in [5.41, 5.74) is 1.07. The molecule has 1 heterocycles. The molecule has 3 nitrogen and oxygen atoms in total. The summed E-state index contributed by atoms with van der Waals surface area (Å²) >= 11 is 0. The Morgan fingerprint density at radius 3 is 3.07 bits per heavy atom.